The third-order valence-corrected chi connectivity index (χ3v) is 1.76. The maximum Gasteiger partial charge on any atom is 2.00 e. The summed E-state index contributed by atoms with van der Waals surface area (Å²) in [6.07, 6.45) is 1.45. The number of aromatic hydroxyl groups is 1. The van der Waals surface area contributed by atoms with Crippen LogP contribution in [0.25, 0.3) is 0 Å². The van der Waals surface area contributed by atoms with E-state index >= 15 is 0 Å². The summed E-state index contributed by atoms with van der Waals surface area (Å²) in [6.45, 7) is 1.12. The molecule has 1 aromatic heterocycles. The zero-order valence-corrected chi connectivity index (χ0v) is 15.1. The van der Waals surface area contributed by atoms with Gasteiger partial charge in [0.2, 0.25) is 0 Å². The van der Waals surface area contributed by atoms with Crippen LogP contribution in [0.2, 0.25) is 0 Å². The molecule has 0 aliphatic heterocycles. The predicted molar refractivity (Wildman–Crippen MR) is 77.1 cm³/mol. The second-order valence-corrected chi connectivity index (χ2v) is 3.74. The summed E-state index contributed by atoms with van der Waals surface area (Å²) in [5.74, 6) is -0.0379. The van der Waals surface area contributed by atoms with Crippen LogP contribution in [-0.4, -0.2) is 60.9 Å². The van der Waals surface area contributed by atoms with Gasteiger partial charge in [-0.25, -0.2) is 0 Å². The van der Waals surface area contributed by atoms with Crippen LogP contribution < -0.4 is 0 Å². The summed E-state index contributed by atoms with van der Waals surface area (Å²) in [5.41, 5.74) is 1.27. The number of pyridine rings is 1. The maximum absolute atomic E-state index is 9.38. The number of rotatable bonds is 2. The quantitative estimate of drug-likeness (QED) is 0.258. The van der Waals surface area contributed by atoms with Crippen molar-refractivity contribution in [1.82, 2.24) is 4.98 Å². The van der Waals surface area contributed by atoms with Crippen LogP contribution in [0.4, 0.5) is 0 Å². The first-order chi connectivity index (χ1) is 7.70. The Kier molecular flexibility index (Phi) is 18.4. The Morgan fingerprint density at radius 1 is 1.25 bits per heavy atom. The van der Waals surface area contributed by atoms with Gasteiger partial charge in [0.05, 0.1) is 18.9 Å². The van der Waals surface area contributed by atoms with E-state index in [9.17, 15) is 5.11 Å². The first-order valence-electron chi connectivity index (χ1n) is 4.25. The summed E-state index contributed by atoms with van der Waals surface area (Å²) >= 11 is 0. The molecule has 1 aromatic rings. The standard InChI is InChI=1S/C8H11NO3.ClH.Mg.H2O4S.H3P/c1-5-8(12)7(4-11)6(3-10)2-9-5;;;1-5(2,3)4;/h2,10-12H,3-4H2,1H3;1H;;(H2,1,2,3,4);1H3/q;;+2;;/p-2. The molecule has 0 fully saturated rings. The van der Waals surface area contributed by atoms with E-state index in [1.807, 2.05) is 0 Å². The molecule has 1 atom stereocenters. The van der Waals surface area contributed by atoms with Crippen LogP contribution in [0.5, 0.6) is 5.75 Å². The number of hydrogen-bond donors (Lipinski definition) is 3. The zero-order chi connectivity index (χ0) is 13.6. The largest absolute Gasteiger partial charge is 2.00 e. The van der Waals surface area contributed by atoms with Crippen molar-refractivity contribution in [3.63, 3.8) is 0 Å². The zero-order valence-electron chi connectivity index (χ0n) is 10.6. The summed E-state index contributed by atoms with van der Waals surface area (Å²) in [5, 5.41) is 27.0. The van der Waals surface area contributed by atoms with Crippen molar-refractivity contribution in [3.05, 3.63) is 23.0 Å². The van der Waals surface area contributed by atoms with E-state index in [1.54, 1.807) is 6.92 Å². The molecule has 0 saturated carbocycles. The van der Waals surface area contributed by atoms with Gasteiger partial charge in [0.1, 0.15) is 5.75 Å². The van der Waals surface area contributed by atoms with E-state index in [-0.39, 0.29) is 64.3 Å². The minimum atomic E-state index is -5.17. The fourth-order valence-electron chi connectivity index (χ4n) is 0.997. The summed E-state index contributed by atoms with van der Waals surface area (Å²) in [4.78, 5) is 3.84. The molecule has 1 rings (SSSR count). The maximum atomic E-state index is 9.38. The Labute approximate surface area is 142 Å². The SMILES string of the molecule is Cc1ncc(CO)c(CO)c1O.Cl.O=S(=O)([O-])[O-].P.[Mg+2]. The molecule has 1 heterocycles. The van der Waals surface area contributed by atoms with Crippen LogP contribution in [0, 0.1) is 6.92 Å². The predicted octanol–water partition coefficient (Wildman–Crippen LogP) is -1.16. The van der Waals surface area contributed by atoms with Crippen LogP contribution in [-0.2, 0) is 23.6 Å². The van der Waals surface area contributed by atoms with Gasteiger partial charge < -0.3 is 24.4 Å². The van der Waals surface area contributed by atoms with Crippen molar-refractivity contribution in [2.45, 2.75) is 20.1 Å². The molecule has 0 radical (unpaired) electrons. The third-order valence-electron chi connectivity index (χ3n) is 1.76. The number of hydrogen-bond acceptors (Lipinski definition) is 8. The minimum absolute atomic E-state index is 0. The van der Waals surface area contributed by atoms with E-state index in [1.165, 1.54) is 6.20 Å². The summed E-state index contributed by atoms with van der Waals surface area (Å²) < 4.78 is 34.1. The number of aliphatic hydroxyl groups is 2. The fourth-order valence-corrected chi connectivity index (χ4v) is 0.997. The molecule has 0 aromatic carbocycles. The van der Waals surface area contributed by atoms with Gasteiger partial charge in [0.25, 0.3) is 0 Å². The molecular formula is C8H15ClMgNO7PS. The average molecular weight is 360 g/mol. The van der Waals surface area contributed by atoms with Crippen molar-refractivity contribution in [3.8, 4) is 5.75 Å². The fraction of sp³-hybridized carbons (Fsp3) is 0.375. The molecule has 12 heteroatoms. The molecule has 1 unspecified atom stereocenters. The number of halogens is 1. The monoisotopic (exact) mass is 359 g/mol. The molecule has 8 nitrogen and oxygen atoms in total. The Morgan fingerprint density at radius 2 is 1.65 bits per heavy atom. The number of nitrogens with zero attached hydrogens (tertiary/aromatic N) is 1. The summed E-state index contributed by atoms with van der Waals surface area (Å²) in [7, 11) is -5.17. The van der Waals surface area contributed by atoms with Gasteiger partial charge in [-0.05, 0) is 6.92 Å². The van der Waals surface area contributed by atoms with Gasteiger partial charge in [-0.2, -0.15) is 9.90 Å². The number of aromatic nitrogens is 1. The van der Waals surface area contributed by atoms with Crippen LogP contribution in [0.15, 0.2) is 6.20 Å². The molecular weight excluding hydrogens is 345 g/mol. The van der Waals surface area contributed by atoms with Crippen molar-refractivity contribution >= 4 is 55.8 Å². The van der Waals surface area contributed by atoms with Crippen molar-refractivity contribution < 1.29 is 32.8 Å². The Bertz CT molecular complexity index is 480. The minimum Gasteiger partial charge on any atom is -0.759 e. The van der Waals surface area contributed by atoms with Crippen LogP contribution >= 0.6 is 22.3 Å². The number of aliphatic hydroxyl groups excluding tert-OH is 2. The molecule has 0 amide bonds. The second-order valence-electron chi connectivity index (χ2n) is 2.92. The van der Waals surface area contributed by atoms with E-state index < -0.39 is 10.4 Å². The topological polar surface area (TPSA) is 154 Å². The first kappa shape index (κ1) is 28.4. The van der Waals surface area contributed by atoms with Gasteiger partial charge in [0.15, 0.2) is 0 Å². The van der Waals surface area contributed by atoms with Gasteiger partial charge in [-0.15, -0.1) is 12.4 Å². The molecule has 0 saturated heterocycles. The van der Waals surface area contributed by atoms with E-state index in [2.05, 4.69) is 4.98 Å². The van der Waals surface area contributed by atoms with Crippen LogP contribution in [0.3, 0.4) is 0 Å². The molecule has 114 valence electrons. The first-order valence-corrected chi connectivity index (χ1v) is 5.58. The van der Waals surface area contributed by atoms with Crippen LogP contribution in [0.1, 0.15) is 16.8 Å². The molecule has 20 heavy (non-hydrogen) atoms. The second kappa shape index (κ2) is 12.9. The van der Waals surface area contributed by atoms with Gasteiger partial charge in [-0.3, -0.25) is 13.4 Å². The number of aryl methyl sites for hydroxylation is 1. The molecule has 3 N–H and O–H groups in total. The molecule has 0 aliphatic rings. The molecule has 0 aliphatic carbocycles. The molecule has 0 spiro atoms. The average Bonchev–Trinajstić information content (AvgIpc) is 2.19. The van der Waals surface area contributed by atoms with Gasteiger partial charge in [0, 0.05) is 27.7 Å². The third kappa shape index (κ3) is 12.0. The Hall–Kier alpha value is 0.226. The van der Waals surface area contributed by atoms with Crippen molar-refractivity contribution in [2.75, 3.05) is 0 Å². The van der Waals surface area contributed by atoms with Gasteiger partial charge >= 0.3 is 23.1 Å². The van der Waals surface area contributed by atoms with E-state index in [4.69, 9.17) is 27.7 Å². The molecule has 0 bridgehead atoms. The van der Waals surface area contributed by atoms with E-state index in [0.29, 0.717) is 16.8 Å². The normalized spacial score (nSPS) is 9.05. The summed E-state index contributed by atoms with van der Waals surface area (Å²) in [6, 6.07) is 0. The Morgan fingerprint density at radius 3 is 1.95 bits per heavy atom. The van der Waals surface area contributed by atoms with Gasteiger partial charge in [-0.1, -0.05) is 0 Å². The smallest absolute Gasteiger partial charge is 0.759 e. The van der Waals surface area contributed by atoms with Crippen molar-refractivity contribution in [1.29, 1.82) is 0 Å². The van der Waals surface area contributed by atoms with E-state index in [0.717, 1.165) is 0 Å². The Balaban J connectivity index is -0.000000141. The van der Waals surface area contributed by atoms with Crippen molar-refractivity contribution in [2.24, 2.45) is 0 Å².